The van der Waals surface area contributed by atoms with Crippen LogP contribution in [-0.4, -0.2) is 30.6 Å². The molecule has 5 rings (SSSR count). The van der Waals surface area contributed by atoms with Crippen molar-refractivity contribution in [2.24, 2.45) is 11.6 Å². The Balaban J connectivity index is 1.60. The zero-order valence-electron chi connectivity index (χ0n) is 22.3. The second-order valence-electron chi connectivity index (χ2n) is 9.85. The van der Waals surface area contributed by atoms with Crippen molar-refractivity contribution in [1.29, 1.82) is 0 Å². The molecule has 0 aliphatic heterocycles. The molecule has 4 aromatic rings. The number of hydrazine groups is 1. The van der Waals surface area contributed by atoms with Crippen LogP contribution >= 0.6 is 0 Å². The molecule has 1 aromatic heterocycles. The average molecular weight is 584 g/mol. The normalized spacial score (nSPS) is 14.2. The molecule has 1 aliphatic rings. The van der Waals surface area contributed by atoms with Crippen molar-refractivity contribution in [1.82, 2.24) is 9.55 Å². The summed E-state index contributed by atoms with van der Waals surface area (Å²) in [7, 11) is -3.44. The van der Waals surface area contributed by atoms with E-state index < -0.39 is 16.2 Å². The van der Waals surface area contributed by atoms with Gasteiger partial charge in [-0.05, 0) is 79.4 Å². The van der Waals surface area contributed by atoms with E-state index in [1.54, 1.807) is 24.3 Å². The summed E-state index contributed by atoms with van der Waals surface area (Å²) in [6.45, 7) is 1.89. The highest BCUT2D eigenvalue weighted by Gasteiger charge is 2.31. The van der Waals surface area contributed by atoms with Gasteiger partial charge in [-0.2, -0.15) is 0 Å². The monoisotopic (exact) mass is 583 g/mol. The lowest BCUT2D eigenvalue weighted by molar-refractivity contribution is -0.274. The van der Waals surface area contributed by atoms with Crippen molar-refractivity contribution in [3.05, 3.63) is 96.2 Å². The van der Waals surface area contributed by atoms with Gasteiger partial charge in [0.05, 0.1) is 27.7 Å². The highest BCUT2D eigenvalue weighted by molar-refractivity contribution is 7.90. The fraction of sp³-hybridized carbons (Fsp3) is 0.207. The molecule has 1 fully saturated rings. The number of aromatic nitrogens is 2. The van der Waals surface area contributed by atoms with E-state index in [0.717, 1.165) is 30.6 Å². The summed E-state index contributed by atoms with van der Waals surface area (Å²) in [5.74, 6) is 7.47. The highest BCUT2D eigenvalue weighted by atomic mass is 32.2. The molecule has 4 N–H and O–H groups in total. The smallest absolute Gasteiger partial charge is 0.406 e. The van der Waals surface area contributed by atoms with E-state index in [1.165, 1.54) is 41.5 Å². The predicted molar refractivity (Wildman–Crippen MR) is 151 cm³/mol. The number of halogens is 3. The van der Waals surface area contributed by atoms with Crippen LogP contribution < -0.4 is 21.3 Å². The fourth-order valence-electron chi connectivity index (χ4n) is 4.59. The van der Waals surface area contributed by atoms with Crippen LogP contribution in [0.5, 0.6) is 5.75 Å². The lowest BCUT2D eigenvalue weighted by Crippen LogP contribution is -2.31. The zero-order chi connectivity index (χ0) is 29.5. The summed E-state index contributed by atoms with van der Waals surface area (Å²) in [4.78, 5) is 4.90. The maximum absolute atomic E-state index is 12.7. The first-order valence-corrected chi connectivity index (χ1v) is 14.6. The Bertz CT molecular complexity index is 1730. The van der Waals surface area contributed by atoms with Crippen molar-refractivity contribution in [3.63, 3.8) is 0 Å². The number of rotatable bonds is 8. The number of hydrogen-bond donors (Lipinski definition) is 2. The van der Waals surface area contributed by atoms with Gasteiger partial charge in [0.25, 0.3) is 0 Å². The van der Waals surface area contributed by atoms with Gasteiger partial charge in [-0.15, -0.1) is 13.2 Å². The molecule has 0 unspecified atom stereocenters. The molecule has 0 atom stereocenters. The molecule has 1 heterocycles. The fourth-order valence-corrected chi connectivity index (χ4v) is 5.26. The van der Waals surface area contributed by atoms with Crippen molar-refractivity contribution in [2.75, 3.05) is 11.3 Å². The second-order valence-corrected chi connectivity index (χ2v) is 11.9. The molecule has 3 aromatic carbocycles. The largest absolute Gasteiger partial charge is 0.573 e. The minimum Gasteiger partial charge on any atom is -0.406 e. The van der Waals surface area contributed by atoms with Crippen LogP contribution in [0.3, 0.4) is 0 Å². The van der Waals surface area contributed by atoms with Crippen LogP contribution in [0.1, 0.15) is 35.8 Å². The third-order valence-corrected chi connectivity index (χ3v) is 7.90. The van der Waals surface area contributed by atoms with Crippen molar-refractivity contribution in [3.8, 4) is 22.6 Å². The summed E-state index contributed by atoms with van der Waals surface area (Å²) in [6.07, 6.45) is 1.71. The number of anilines is 1. The predicted octanol–water partition coefficient (Wildman–Crippen LogP) is 5.66. The topological polar surface area (TPSA) is 116 Å². The Morgan fingerprint density at radius 1 is 1.07 bits per heavy atom. The van der Waals surface area contributed by atoms with E-state index in [-0.39, 0.29) is 10.6 Å². The molecule has 0 bridgehead atoms. The van der Waals surface area contributed by atoms with Gasteiger partial charge in [-0.1, -0.05) is 18.2 Å². The van der Waals surface area contributed by atoms with Gasteiger partial charge in [-0.3, -0.25) is 5.01 Å². The van der Waals surface area contributed by atoms with Crippen LogP contribution in [0.2, 0.25) is 0 Å². The van der Waals surface area contributed by atoms with Crippen molar-refractivity contribution < 1.29 is 26.3 Å². The first-order chi connectivity index (χ1) is 19.3. The molecule has 0 radical (unpaired) electrons. The Kier molecular flexibility index (Phi) is 7.30. The van der Waals surface area contributed by atoms with Gasteiger partial charge >= 0.3 is 6.36 Å². The Labute approximate surface area is 235 Å². The highest BCUT2D eigenvalue weighted by Crippen LogP contribution is 2.41. The molecular formula is C29H28F3N5O3S. The summed E-state index contributed by atoms with van der Waals surface area (Å²) in [5, 5.41) is 1.34. The van der Waals surface area contributed by atoms with Crippen LogP contribution in [-0.2, 0) is 9.84 Å². The number of sulfone groups is 1. The molecule has 0 amide bonds. The van der Waals surface area contributed by atoms with E-state index in [2.05, 4.69) is 4.74 Å². The Morgan fingerprint density at radius 3 is 2.37 bits per heavy atom. The third-order valence-electron chi connectivity index (χ3n) is 6.79. The van der Waals surface area contributed by atoms with E-state index in [0.29, 0.717) is 39.7 Å². The maximum Gasteiger partial charge on any atom is 0.573 e. The van der Waals surface area contributed by atoms with Gasteiger partial charge in [0.1, 0.15) is 11.6 Å². The lowest BCUT2D eigenvalue weighted by atomic mass is 10.0. The molecule has 214 valence electrons. The molecule has 0 saturated heterocycles. The van der Waals surface area contributed by atoms with Crippen LogP contribution in [0.15, 0.2) is 84.0 Å². The maximum atomic E-state index is 12.7. The van der Waals surface area contributed by atoms with Gasteiger partial charge in [0.15, 0.2) is 9.84 Å². The third kappa shape index (κ3) is 6.23. The standard InChI is InChI=1S/C29H28F3N5O3S/c1-18-35-25(19-6-7-19)17-36(18)26-13-10-22(21-4-3-5-24(14-21)41(2,38)39)15-27(26)37(34)28(16-33)20-8-11-23(12-9-20)40-29(30,31)32/h3-5,8-17,19H,6-7,33-34H2,1-2H3/b28-16-. The lowest BCUT2D eigenvalue weighted by Gasteiger charge is -2.26. The van der Waals surface area contributed by atoms with Gasteiger partial charge in [-0.25, -0.2) is 19.2 Å². The van der Waals surface area contributed by atoms with Gasteiger partial charge < -0.3 is 15.0 Å². The first-order valence-electron chi connectivity index (χ1n) is 12.7. The average Bonchev–Trinajstić information content (AvgIpc) is 3.70. The van der Waals surface area contributed by atoms with E-state index in [9.17, 15) is 21.6 Å². The molecule has 1 saturated carbocycles. The van der Waals surface area contributed by atoms with E-state index >= 15 is 0 Å². The molecule has 41 heavy (non-hydrogen) atoms. The summed E-state index contributed by atoms with van der Waals surface area (Å²) in [5.41, 5.74) is 10.3. The Morgan fingerprint density at radius 2 is 1.76 bits per heavy atom. The molecule has 12 heteroatoms. The van der Waals surface area contributed by atoms with Crippen LogP contribution in [0, 0.1) is 6.92 Å². The summed E-state index contributed by atoms with van der Waals surface area (Å²) in [6, 6.07) is 17.3. The molecule has 0 spiro atoms. The number of nitrogens with two attached hydrogens (primary N) is 2. The molecule has 8 nitrogen and oxygen atoms in total. The summed E-state index contributed by atoms with van der Waals surface area (Å²) < 4.78 is 68.2. The Hall–Kier alpha value is -4.29. The number of hydrogen-bond acceptors (Lipinski definition) is 7. The molecule has 1 aliphatic carbocycles. The van der Waals surface area contributed by atoms with Crippen LogP contribution in [0.25, 0.3) is 22.5 Å². The van der Waals surface area contributed by atoms with E-state index in [1.807, 2.05) is 29.8 Å². The van der Waals surface area contributed by atoms with Crippen molar-refractivity contribution in [2.45, 2.75) is 36.9 Å². The minimum absolute atomic E-state index is 0.175. The van der Waals surface area contributed by atoms with Gasteiger partial charge in [0.2, 0.25) is 0 Å². The van der Waals surface area contributed by atoms with Crippen LogP contribution in [0.4, 0.5) is 18.9 Å². The zero-order valence-corrected chi connectivity index (χ0v) is 23.1. The SMILES string of the molecule is Cc1nc(C2CC2)cn1-c1ccc(-c2cccc(S(C)(=O)=O)c2)cc1N(N)/C(=C\N)c1ccc(OC(F)(F)F)cc1. The first kappa shape index (κ1) is 28.2. The number of alkyl halides is 3. The second kappa shape index (κ2) is 10.6. The quantitative estimate of drug-likeness (QED) is 0.203. The van der Waals surface area contributed by atoms with E-state index in [4.69, 9.17) is 16.6 Å². The number of aryl methyl sites for hydroxylation is 1. The summed E-state index contributed by atoms with van der Waals surface area (Å²) >= 11 is 0. The number of benzene rings is 3. The minimum atomic E-state index is -4.82. The number of ether oxygens (including phenoxy) is 1. The van der Waals surface area contributed by atoms with Gasteiger partial charge in [0, 0.05) is 30.1 Å². The number of nitrogens with zero attached hydrogens (tertiary/aromatic N) is 3. The van der Waals surface area contributed by atoms with Crippen molar-refractivity contribution >= 4 is 21.2 Å². The molecular weight excluding hydrogens is 555 g/mol. The number of imidazole rings is 1.